The van der Waals surface area contributed by atoms with Crippen LogP contribution in [0.1, 0.15) is 28.3 Å². The third kappa shape index (κ3) is 6.23. The Morgan fingerprint density at radius 3 is 2.57 bits per heavy atom. The molecule has 0 aliphatic carbocycles. The predicted molar refractivity (Wildman–Crippen MR) is 144 cm³/mol. The molecule has 1 aliphatic heterocycles. The maximum absolute atomic E-state index is 13.4. The zero-order valence-corrected chi connectivity index (χ0v) is 20.8. The highest BCUT2D eigenvalue weighted by molar-refractivity contribution is 5.83. The number of pyridine rings is 1. The average Bonchev–Trinajstić information content (AvgIpc) is 2.95. The highest BCUT2D eigenvalue weighted by Gasteiger charge is 2.23. The average molecular weight is 494 g/mol. The van der Waals surface area contributed by atoms with Crippen LogP contribution in [-0.2, 0) is 22.5 Å². The van der Waals surface area contributed by atoms with Gasteiger partial charge in [0.05, 0.1) is 13.2 Å². The molecule has 2 N–H and O–H groups in total. The van der Waals surface area contributed by atoms with Crippen molar-refractivity contribution in [3.63, 3.8) is 0 Å². The summed E-state index contributed by atoms with van der Waals surface area (Å²) in [6.45, 7) is 2.19. The molecule has 37 heavy (non-hydrogen) atoms. The summed E-state index contributed by atoms with van der Waals surface area (Å²) in [5.74, 6) is 0.736. The van der Waals surface area contributed by atoms with Gasteiger partial charge >= 0.3 is 0 Å². The fraction of sp³-hybridized carbons (Fsp3) is 0.226. The van der Waals surface area contributed by atoms with Crippen LogP contribution in [0.2, 0.25) is 0 Å². The van der Waals surface area contributed by atoms with E-state index < -0.39 is 6.04 Å². The van der Waals surface area contributed by atoms with Gasteiger partial charge in [0.2, 0.25) is 5.91 Å². The Kier molecular flexibility index (Phi) is 7.89. The molecule has 0 saturated heterocycles. The quantitative estimate of drug-likeness (QED) is 0.445. The minimum atomic E-state index is -0.718. The Morgan fingerprint density at radius 1 is 0.865 bits per heavy atom. The van der Waals surface area contributed by atoms with Gasteiger partial charge in [-0.05, 0) is 46.0 Å². The van der Waals surface area contributed by atoms with Crippen LogP contribution in [0.4, 0.5) is 0 Å². The van der Waals surface area contributed by atoms with E-state index in [1.54, 1.807) is 11.1 Å². The van der Waals surface area contributed by atoms with Crippen LogP contribution in [0.25, 0.3) is 11.1 Å². The number of nitrogens with zero attached hydrogens (tertiary/aromatic N) is 2. The normalized spacial score (nSPS) is 15.1. The van der Waals surface area contributed by atoms with Crippen LogP contribution in [0.3, 0.4) is 0 Å². The molecule has 0 radical (unpaired) electrons. The first-order valence-electron chi connectivity index (χ1n) is 12.6. The number of aromatic nitrogens is 1. The van der Waals surface area contributed by atoms with E-state index in [0.29, 0.717) is 39.3 Å². The van der Waals surface area contributed by atoms with E-state index in [1.165, 1.54) is 0 Å². The van der Waals surface area contributed by atoms with Gasteiger partial charge in [0.25, 0.3) is 0 Å². The molecule has 2 bridgehead atoms. The lowest BCUT2D eigenvalue weighted by atomic mass is 9.98. The zero-order chi connectivity index (χ0) is 25.5. The van der Waals surface area contributed by atoms with Crippen LogP contribution in [-0.4, -0.2) is 42.2 Å². The van der Waals surface area contributed by atoms with Crippen LogP contribution in [0.5, 0.6) is 5.75 Å². The van der Waals surface area contributed by atoms with Gasteiger partial charge in [-0.3, -0.25) is 9.78 Å². The number of carbonyl (C=O) groups is 1. The minimum Gasteiger partial charge on any atom is -0.491 e. The largest absolute Gasteiger partial charge is 0.491 e. The van der Waals surface area contributed by atoms with Crippen LogP contribution in [0.15, 0.2) is 97.3 Å². The van der Waals surface area contributed by atoms with E-state index in [4.69, 9.17) is 15.2 Å². The molecule has 4 aromatic rings. The van der Waals surface area contributed by atoms with E-state index in [0.717, 1.165) is 39.1 Å². The van der Waals surface area contributed by atoms with Gasteiger partial charge in [-0.25, -0.2) is 0 Å². The molecule has 1 amide bonds. The van der Waals surface area contributed by atoms with Crippen molar-refractivity contribution in [2.24, 2.45) is 5.73 Å². The number of fused-ring (bicyclic) bond motifs is 3. The van der Waals surface area contributed by atoms with Crippen molar-refractivity contribution >= 4 is 5.91 Å². The first-order valence-corrected chi connectivity index (χ1v) is 12.6. The molecule has 188 valence electrons. The topological polar surface area (TPSA) is 77.7 Å². The highest BCUT2D eigenvalue weighted by atomic mass is 16.5. The summed E-state index contributed by atoms with van der Waals surface area (Å²) in [6, 6.07) is 27.4. The third-order valence-corrected chi connectivity index (χ3v) is 6.54. The van der Waals surface area contributed by atoms with Crippen molar-refractivity contribution in [1.82, 2.24) is 9.88 Å². The van der Waals surface area contributed by atoms with E-state index in [2.05, 4.69) is 35.3 Å². The van der Waals surface area contributed by atoms with Gasteiger partial charge in [-0.1, -0.05) is 66.7 Å². The van der Waals surface area contributed by atoms with Gasteiger partial charge in [-0.2, -0.15) is 0 Å². The van der Waals surface area contributed by atoms with Gasteiger partial charge in [0, 0.05) is 37.5 Å². The van der Waals surface area contributed by atoms with E-state index in [-0.39, 0.29) is 5.91 Å². The standard InChI is InChI=1S/C31H31N3O3/c32-30(25-8-2-1-3-9-25)31(35)34-14-15-36-16-17-37-29-12-11-26(27-10-5-13-33-21-27)20-28(29)19-23-6-4-7-24(18-23)22-34/h1-13,18,20-21,30H,14-17,19,22,32H2/t30-/m0/s1. The lowest BCUT2D eigenvalue weighted by Gasteiger charge is -2.26. The Balaban J connectivity index is 1.42. The number of nitrogens with two attached hydrogens (primary N) is 1. The number of hydrogen-bond donors (Lipinski definition) is 1. The summed E-state index contributed by atoms with van der Waals surface area (Å²) in [6.07, 6.45) is 4.35. The predicted octanol–water partition coefficient (Wildman–Crippen LogP) is 4.78. The Hall–Kier alpha value is -4.00. The van der Waals surface area contributed by atoms with E-state index in [9.17, 15) is 4.79 Å². The van der Waals surface area contributed by atoms with E-state index >= 15 is 0 Å². The summed E-state index contributed by atoms with van der Waals surface area (Å²) < 4.78 is 12.0. The second-order valence-corrected chi connectivity index (χ2v) is 9.17. The molecular formula is C31H31N3O3. The van der Waals surface area contributed by atoms with Crippen LogP contribution in [0, 0.1) is 0 Å². The molecule has 5 rings (SSSR count). The molecule has 0 spiro atoms. The lowest BCUT2D eigenvalue weighted by molar-refractivity contribution is -0.134. The number of benzene rings is 3. The van der Waals surface area contributed by atoms with Gasteiger partial charge in [-0.15, -0.1) is 0 Å². The summed E-state index contributed by atoms with van der Waals surface area (Å²) in [5.41, 5.74) is 12.6. The molecule has 1 aromatic heterocycles. The molecular weight excluding hydrogens is 462 g/mol. The number of ether oxygens (including phenoxy) is 2. The summed E-state index contributed by atoms with van der Waals surface area (Å²) in [7, 11) is 0. The number of rotatable bonds is 3. The maximum Gasteiger partial charge on any atom is 0.244 e. The second kappa shape index (κ2) is 11.8. The zero-order valence-electron chi connectivity index (χ0n) is 20.8. The maximum atomic E-state index is 13.4. The Labute approximate surface area is 217 Å². The van der Waals surface area contributed by atoms with Gasteiger partial charge in [0.1, 0.15) is 18.4 Å². The molecule has 1 aliphatic rings. The minimum absolute atomic E-state index is 0.116. The first kappa shape index (κ1) is 24.7. The molecule has 6 heteroatoms. The molecule has 6 nitrogen and oxygen atoms in total. The fourth-order valence-electron chi connectivity index (χ4n) is 4.60. The highest BCUT2D eigenvalue weighted by Crippen LogP contribution is 2.29. The Morgan fingerprint density at radius 2 is 1.73 bits per heavy atom. The molecule has 2 heterocycles. The van der Waals surface area contributed by atoms with Crippen molar-refractivity contribution in [3.05, 3.63) is 120 Å². The molecule has 0 unspecified atom stereocenters. The molecule has 0 fully saturated rings. The third-order valence-electron chi connectivity index (χ3n) is 6.54. The van der Waals surface area contributed by atoms with E-state index in [1.807, 2.05) is 60.8 Å². The monoisotopic (exact) mass is 493 g/mol. The number of amides is 1. The van der Waals surface area contributed by atoms with Crippen molar-refractivity contribution in [1.29, 1.82) is 0 Å². The SMILES string of the molecule is N[C@H](C(=O)N1CCOCCOc2ccc(-c3cccnc3)cc2Cc2cccc(c2)C1)c1ccccc1. The smallest absolute Gasteiger partial charge is 0.244 e. The lowest BCUT2D eigenvalue weighted by Crippen LogP contribution is -2.40. The molecule has 3 aromatic carbocycles. The van der Waals surface area contributed by atoms with Crippen molar-refractivity contribution in [2.45, 2.75) is 19.0 Å². The summed E-state index contributed by atoms with van der Waals surface area (Å²) in [4.78, 5) is 19.4. The van der Waals surface area contributed by atoms with Crippen LogP contribution >= 0.6 is 0 Å². The summed E-state index contributed by atoms with van der Waals surface area (Å²) >= 11 is 0. The molecule has 1 atom stereocenters. The fourth-order valence-corrected chi connectivity index (χ4v) is 4.60. The number of carbonyl (C=O) groups excluding carboxylic acids is 1. The van der Waals surface area contributed by atoms with Gasteiger partial charge in [0.15, 0.2) is 0 Å². The van der Waals surface area contributed by atoms with Crippen LogP contribution < -0.4 is 10.5 Å². The van der Waals surface area contributed by atoms with Crippen molar-refractivity contribution < 1.29 is 14.3 Å². The second-order valence-electron chi connectivity index (χ2n) is 9.17. The van der Waals surface area contributed by atoms with Crippen molar-refractivity contribution in [3.8, 4) is 16.9 Å². The Bertz CT molecular complexity index is 1330. The number of hydrogen-bond acceptors (Lipinski definition) is 5. The van der Waals surface area contributed by atoms with Gasteiger partial charge < -0.3 is 20.1 Å². The molecule has 0 saturated carbocycles. The first-order chi connectivity index (χ1) is 18.2. The van der Waals surface area contributed by atoms with Crippen molar-refractivity contribution in [2.75, 3.05) is 26.4 Å². The summed E-state index contributed by atoms with van der Waals surface area (Å²) in [5, 5.41) is 0.